The molecular formula is C27H33NO. The first-order valence-electron chi connectivity index (χ1n) is 10.6. The molecule has 0 unspecified atom stereocenters. The zero-order valence-corrected chi connectivity index (χ0v) is 18.0. The van der Waals surface area contributed by atoms with Crippen LogP contribution in [0.3, 0.4) is 0 Å². The molecule has 2 heteroatoms. The number of ether oxygens (including phenoxy) is 1. The molecule has 0 aromatic heterocycles. The molecule has 0 atom stereocenters. The first-order chi connectivity index (χ1) is 14.2. The van der Waals surface area contributed by atoms with Crippen molar-refractivity contribution in [1.82, 2.24) is 4.90 Å². The number of hydrogen-bond acceptors (Lipinski definition) is 2. The van der Waals surface area contributed by atoms with Crippen LogP contribution >= 0.6 is 0 Å². The lowest BCUT2D eigenvalue weighted by Crippen LogP contribution is -2.20. The first-order valence-corrected chi connectivity index (χ1v) is 10.6. The highest BCUT2D eigenvalue weighted by atomic mass is 16.5. The molecule has 152 valence electrons. The monoisotopic (exact) mass is 387 g/mol. The average Bonchev–Trinajstić information content (AvgIpc) is 3.59. The van der Waals surface area contributed by atoms with Crippen LogP contribution in [-0.2, 0) is 19.4 Å². The molecule has 0 heterocycles. The number of methoxy groups -OCH3 is 1. The molecule has 1 aliphatic carbocycles. The van der Waals surface area contributed by atoms with Crippen LogP contribution in [0.2, 0.25) is 0 Å². The lowest BCUT2D eigenvalue weighted by molar-refractivity contribution is 0.359. The van der Waals surface area contributed by atoms with Gasteiger partial charge in [0.05, 0.1) is 7.11 Å². The molecule has 0 spiro atoms. The predicted molar refractivity (Wildman–Crippen MR) is 124 cm³/mol. The van der Waals surface area contributed by atoms with Crippen molar-refractivity contribution in [2.24, 2.45) is 0 Å². The summed E-state index contributed by atoms with van der Waals surface area (Å²) in [7, 11) is 1.71. The third-order valence-electron chi connectivity index (χ3n) is 5.58. The summed E-state index contributed by atoms with van der Waals surface area (Å²) in [5.41, 5.74) is 6.82. The Labute approximate surface area is 176 Å². The molecule has 0 saturated heterocycles. The van der Waals surface area contributed by atoms with Crippen molar-refractivity contribution in [2.75, 3.05) is 7.11 Å². The van der Waals surface area contributed by atoms with E-state index in [-0.39, 0.29) is 0 Å². The lowest BCUT2D eigenvalue weighted by Gasteiger charge is -2.23. The molecule has 2 aromatic rings. The molecule has 1 saturated carbocycles. The van der Waals surface area contributed by atoms with Crippen LogP contribution < -0.4 is 4.74 Å². The smallest absolute Gasteiger partial charge is 0.118 e. The predicted octanol–water partition coefficient (Wildman–Crippen LogP) is 6.55. The summed E-state index contributed by atoms with van der Waals surface area (Å²) in [5.74, 6) is 0.900. The van der Waals surface area contributed by atoms with E-state index >= 15 is 0 Å². The van der Waals surface area contributed by atoms with Crippen molar-refractivity contribution >= 4 is 6.08 Å². The number of allylic oxidation sites excluding steroid dienone is 3. The number of aryl methyl sites for hydroxylation is 1. The van der Waals surface area contributed by atoms with Crippen molar-refractivity contribution in [3.63, 3.8) is 0 Å². The second kappa shape index (κ2) is 10.2. The van der Waals surface area contributed by atoms with E-state index in [0.29, 0.717) is 6.04 Å². The third-order valence-corrected chi connectivity index (χ3v) is 5.58. The minimum atomic E-state index is 0.667. The molecule has 0 bridgehead atoms. The van der Waals surface area contributed by atoms with Crippen molar-refractivity contribution < 1.29 is 4.74 Å². The molecule has 1 aliphatic rings. The molecule has 0 amide bonds. The van der Waals surface area contributed by atoms with Gasteiger partial charge in [-0.05, 0) is 78.8 Å². The summed E-state index contributed by atoms with van der Waals surface area (Å²) >= 11 is 0. The van der Waals surface area contributed by atoms with Crippen LogP contribution in [0.1, 0.15) is 54.5 Å². The summed E-state index contributed by atoms with van der Waals surface area (Å²) in [6.45, 7) is 9.27. The van der Waals surface area contributed by atoms with Crippen LogP contribution in [0.25, 0.3) is 6.08 Å². The lowest BCUT2D eigenvalue weighted by atomic mass is 9.92. The fourth-order valence-electron chi connectivity index (χ4n) is 3.71. The van der Waals surface area contributed by atoms with Crippen molar-refractivity contribution in [1.29, 1.82) is 0 Å². The fourth-order valence-corrected chi connectivity index (χ4v) is 3.71. The van der Waals surface area contributed by atoms with Crippen LogP contribution in [0.15, 0.2) is 67.4 Å². The molecule has 2 nitrogen and oxygen atoms in total. The van der Waals surface area contributed by atoms with Crippen molar-refractivity contribution in [2.45, 2.75) is 52.1 Å². The van der Waals surface area contributed by atoms with Gasteiger partial charge in [0, 0.05) is 12.6 Å². The number of nitrogens with zero attached hydrogens (tertiary/aromatic N) is 1. The Morgan fingerprint density at radius 3 is 2.41 bits per heavy atom. The number of hydrogen-bond donors (Lipinski definition) is 0. The minimum Gasteiger partial charge on any atom is -0.497 e. The Bertz CT molecular complexity index is 872. The molecule has 29 heavy (non-hydrogen) atoms. The van der Waals surface area contributed by atoms with Gasteiger partial charge in [0.1, 0.15) is 5.75 Å². The number of benzene rings is 2. The van der Waals surface area contributed by atoms with Crippen LogP contribution in [-0.4, -0.2) is 18.1 Å². The normalized spacial score (nSPS) is 13.9. The Kier molecular flexibility index (Phi) is 7.35. The van der Waals surface area contributed by atoms with Gasteiger partial charge >= 0.3 is 0 Å². The van der Waals surface area contributed by atoms with E-state index in [4.69, 9.17) is 4.74 Å². The zero-order valence-electron chi connectivity index (χ0n) is 18.0. The average molecular weight is 388 g/mol. The first kappa shape index (κ1) is 21.0. The molecular weight excluding hydrogens is 354 g/mol. The summed E-state index contributed by atoms with van der Waals surface area (Å²) in [4.78, 5) is 2.40. The van der Waals surface area contributed by atoms with Gasteiger partial charge in [-0.25, -0.2) is 0 Å². The SMILES string of the molecule is C=CN(Cc1cc(CC)c(/C=C\C=C/C)cc1Cc1ccc(OC)cc1)C1CC1. The minimum absolute atomic E-state index is 0.667. The van der Waals surface area contributed by atoms with E-state index in [9.17, 15) is 0 Å². The van der Waals surface area contributed by atoms with Crippen LogP contribution in [0.4, 0.5) is 0 Å². The van der Waals surface area contributed by atoms with Gasteiger partial charge in [-0.2, -0.15) is 0 Å². The van der Waals surface area contributed by atoms with E-state index in [2.05, 4.69) is 67.0 Å². The molecule has 0 radical (unpaired) electrons. The molecule has 3 rings (SSSR count). The quantitative estimate of drug-likeness (QED) is 0.429. The molecule has 1 fully saturated rings. The van der Waals surface area contributed by atoms with Gasteiger partial charge in [0.25, 0.3) is 0 Å². The van der Waals surface area contributed by atoms with Gasteiger partial charge in [-0.3, -0.25) is 0 Å². The van der Waals surface area contributed by atoms with Gasteiger partial charge in [-0.15, -0.1) is 0 Å². The fraction of sp³-hybridized carbons (Fsp3) is 0.333. The van der Waals surface area contributed by atoms with Gasteiger partial charge in [0.2, 0.25) is 0 Å². The Hall–Kier alpha value is -2.74. The van der Waals surface area contributed by atoms with Crippen LogP contribution in [0.5, 0.6) is 5.75 Å². The van der Waals surface area contributed by atoms with Gasteiger partial charge < -0.3 is 9.64 Å². The van der Waals surface area contributed by atoms with E-state index < -0.39 is 0 Å². The second-order valence-corrected chi connectivity index (χ2v) is 7.67. The highest BCUT2D eigenvalue weighted by Crippen LogP contribution is 2.31. The largest absolute Gasteiger partial charge is 0.497 e. The van der Waals surface area contributed by atoms with E-state index in [1.165, 1.54) is 40.7 Å². The summed E-state index contributed by atoms with van der Waals surface area (Å²) < 4.78 is 5.31. The maximum Gasteiger partial charge on any atom is 0.118 e. The maximum absolute atomic E-state index is 5.31. The topological polar surface area (TPSA) is 12.5 Å². The maximum atomic E-state index is 5.31. The standard InChI is InChI=1S/C27H33NO/c1-5-8-9-10-23-19-24(17-21-11-15-27(29-4)16-12-21)25(18-22(23)6-2)20-28(7-3)26-13-14-26/h5,7-12,15-16,18-19,26H,3,6,13-14,17,20H2,1-2,4H3/b8-5-,10-9-. The molecule has 2 aromatic carbocycles. The Morgan fingerprint density at radius 2 is 1.83 bits per heavy atom. The third kappa shape index (κ3) is 5.63. The highest BCUT2D eigenvalue weighted by Gasteiger charge is 2.27. The number of rotatable bonds is 10. The van der Waals surface area contributed by atoms with Crippen molar-refractivity contribution in [3.05, 3.63) is 95.2 Å². The Balaban J connectivity index is 1.97. The van der Waals surface area contributed by atoms with Gasteiger partial charge in [-0.1, -0.05) is 62.1 Å². The summed E-state index contributed by atoms with van der Waals surface area (Å²) in [6, 6.07) is 13.9. The molecule has 0 N–H and O–H groups in total. The highest BCUT2D eigenvalue weighted by molar-refractivity contribution is 5.58. The van der Waals surface area contributed by atoms with Crippen molar-refractivity contribution in [3.8, 4) is 5.75 Å². The van der Waals surface area contributed by atoms with E-state index in [1.54, 1.807) is 7.11 Å². The molecule has 0 aliphatic heterocycles. The second-order valence-electron chi connectivity index (χ2n) is 7.67. The zero-order chi connectivity index (χ0) is 20.6. The van der Waals surface area contributed by atoms with Gasteiger partial charge in [0.15, 0.2) is 0 Å². The summed E-state index contributed by atoms with van der Waals surface area (Å²) in [6.07, 6.45) is 15.0. The van der Waals surface area contributed by atoms with Crippen LogP contribution in [0, 0.1) is 0 Å². The van der Waals surface area contributed by atoms with E-state index in [1.807, 2.05) is 25.3 Å². The summed E-state index contributed by atoms with van der Waals surface area (Å²) in [5, 5.41) is 0. The Morgan fingerprint density at radius 1 is 1.07 bits per heavy atom. The van der Waals surface area contributed by atoms with E-state index in [0.717, 1.165) is 25.1 Å².